The van der Waals surface area contributed by atoms with Crippen LogP contribution in [0.1, 0.15) is 34.8 Å². The highest BCUT2D eigenvalue weighted by Crippen LogP contribution is 2.47. The molecule has 5 nitrogen and oxygen atoms in total. The number of pyridine rings is 1. The first-order valence-electron chi connectivity index (χ1n) is 9.55. The highest BCUT2D eigenvalue weighted by atomic mass is 19.1. The summed E-state index contributed by atoms with van der Waals surface area (Å²) in [7, 11) is 0. The summed E-state index contributed by atoms with van der Waals surface area (Å²) in [5.41, 5.74) is 2.57. The van der Waals surface area contributed by atoms with Crippen molar-refractivity contribution in [1.82, 2.24) is 14.5 Å². The second kappa shape index (κ2) is 6.90. The Hall–Kier alpha value is -3.82. The van der Waals surface area contributed by atoms with Gasteiger partial charge in [0.2, 0.25) is 0 Å². The summed E-state index contributed by atoms with van der Waals surface area (Å²) in [6.07, 6.45) is 6.99. The number of benzene rings is 2. The second-order valence-electron chi connectivity index (χ2n) is 7.44. The van der Waals surface area contributed by atoms with E-state index in [1.807, 2.05) is 42.5 Å². The van der Waals surface area contributed by atoms with Crippen LogP contribution in [-0.2, 0) is 5.60 Å². The molecule has 2 aromatic carbocycles. The van der Waals surface area contributed by atoms with E-state index in [1.165, 1.54) is 6.07 Å². The van der Waals surface area contributed by atoms with Gasteiger partial charge >= 0.3 is 0 Å². The Bertz CT molecular complexity index is 1280. The Balaban J connectivity index is 1.59. The van der Waals surface area contributed by atoms with E-state index in [1.54, 1.807) is 41.6 Å². The molecule has 30 heavy (non-hydrogen) atoms. The van der Waals surface area contributed by atoms with Crippen LogP contribution >= 0.6 is 0 Å². The molecule has 1 aliphatic rings. The highest BCUT2D eigenvalue weighted by molar-refractivity contribution is 5.64. The predicted molar refractivity (Wildman–Crippen MR) is 109 cm³/mol. The van der Waals surface area contributed by atoms with Gasteiger partial charge in [0.1, 0.15) is 11.4 Å². The topological polar surface area (TPSA) is 74.7 Å². The van der Waals surface area contributed by atoms with Crippen molar-refractivity contribution in [1.29, 1.82) is 5.26 Å². The molecule has 3 heterocycles. The first kappa shape index (κ1) is 18.2. The van der Waals surface area contributed by atoms with E-state index in [4.69, 9.17) is 5.26 Å². The molecule has 1 aliphatic heterocycles. The molecule has 5 rings (SSSR count). The number of hydrogen-bond donors (Lipinski definition) is 1. The normalized spacial score (nSPS) is 20.0. The molecular formula is C24H17FN4O. The quantitative estimate of drug-likeness (QED) is 0.564. The first-order chi connectivity index (χ1) is 14.6. The van der Waals surface area contributed by atoms with Crippen LogP contribution in [0.15, 0.2) is 79.5 Å². The lowest BCUT2D eigenvalue weighted by Gasteiger charge is -2.24. The van der Waals surface area contributed by atoms with Crippen LogP contribution < -0.4 is 0 Å². The summed E-state index contributed by atoms with van der Waals surface area (Å²) in [6.45, 7) is 0. The Kier molecular flexibility index (Phi) is 4.19. The maximum absolute atomic E-state index is 14.8. The molecule has 0 radical (unpaired) electrons. The summed E-state index contributed by atoms with van der Waals surface area (Å²) in [4.78, 5) is 8.37. The largest absolute Gasteiger partial charge is 0.379 e. The van der Waals surface area contributed by atoms with E-state index < -0.39 is 17.5 Å². The van der Waals surface area contributed by atoms with Crippen molar-refractivity contribution in [3.05, 3.63) is 108 Å². The molecule has 6 heteroatoms. The third-order valence-electron chi connectivity index (χ3n) is 5.74. The molecule has 0 saturated heterocycles. The van der Waals surface area contributed by atoms with Gasteiger partial charge in [-0.1, -0.05) is 30.3 Å². The fourth-order valence-corrected chi connectivity index (χ4v) is 4.24. The van der Waals surface area contributed by atoms with Crippen molar-refractivity contribution in [2.24, 2.45) is 0 Å². The molecular weight excluding hydrogens is 379 g/mol. The highest BCUT2D eigenvalue weighted by Gasteiger charge is 2.45. The van der Waals surface area contributed by atoms with Gasteiger partial charge in [-0.05, 0) is 41.0 Å². The van der Waals surface area contributed by atoms with E-state index in [-0.39, 0.29) is 12.0 Å². The molecule has 0 unspecified atom stereocenters. The van der Waals surface area contributed by atoms with E-state index in [0.717, 1.165) is 11.1 Å². The van der Waals surface area contributed by atoms with Gasteiger partial charge in [-0.15, -0.1) is 0 Å². The summed E-state index contributed by atoms with van der Waals surface area (Å²) in [6, 6.07) is 17.4. The fourth-order valence-electron chi connectivity index (χ4n) is 4.24. The number of fused-ring (bicyclic) bond motifs is 1. The van der Waals surface area contributed by atoms with E-state index in [0.29, 0.717) is 16.8 Å². The number of imidazole rings is 1. The standard InChI is InChI=1S/C24H17FN4O/c25-21-9-16(12-26)6-7-20(21)22-11-24(30,23-14-28-15-29(22)23)19-5-1-3-17(10-19)18-4-2-8-27-13-18/h1-10,13-15,22,30H,11H2/t22-,24+/m1/s1. The number of nitriles is 1. The van der Waals surface area contributed by atoms with Crippen LogP contribution in [0.4, 0.5) is 4.39 Å². The first-order valence-corrected chi connectivity index (χ1v) is 9.55. The minimum atomic E-state index is -1.32. The molecule has 0 saturated carbocycles. The lowest BCUT2D eigenvalue weighted by Crippen LogP contribution is -2.24. The maximum atomic E-state index is 14.8. The van der Waals surface area contributed by atoms with Gasteiger partial charge in [-0.2, -0.15) is 5.26 Å². The molecule has 0 fully saturated rings. The van der Waals surface area contributed by atoms with Crippen LogP contribution in [0.2, 0.25) is 0 Å². The Morgan fingerprint density at radius 3 is 2.70 bits per heavy atom. The van der Waals surface area contributed by atoms with Crippen molar-refractivity contribution >= 4 is 0 Å². The van der Waals surface area contributed by atoms with Crippen LogP contribution in [0.5, 0.6) is 0 Å². The predicted octanol–water partition coefficient (Wildman–Crippen LogP) is 4.18. The number of aliphatic hydroxyl groups is 1. The third kappa shape index (κ3) is 2.79. The molecule has 2 atom stereocenters. The van der Waals surface area contributed by atoms with Crippen molar-refractivity contribution in [2.45, 2.75) is 18.1 Å². The van der Waals surface area contributed by atoms with Gasteiger partial charge in [-0.25, -0.2) is 9.37 Å². The van der Waals surface area contributed by atoms with Crippen LogP contribution in [0.25, 0.3) is 11.1 Å². The van der Waals surface area contributed by atoms with Crippen molar-refractivity contribution in [3.8, 4) is 17.2 Å². The lowest BCUT2D eigenvalue weighted by atomic mass is 9.85. The lowest BCUT2D eigenvalue weighted by molar-refractivity contribution is 0.0793. The summed E-state index contributed by atoms with van der Waals surface area (Å²) < 4.78 is 16.6. The molecule has 0 amide bonds. The van der Waals surface area contributed by atoms with Crippen molar-refractivity contribution < 1.29 is 9.50 Å². The Labute approximate surface area is 172 Å². The number of aromatic nitrogens is 3. The zero-order valence-corrected chi connectivity index (χ0v) is 15.9. The average Bonchev–Trinajstić information content (AvgIpc) is 3.38. The summed E-state index contributed by atoms with van der Waals surface area (Å²) in [5.74, 6) is -0.466. The molecule has 2 aromatic heterocycles. The van der Waals surface area contributed by atoms with Crippen LogP contribution in [0.3, 0.4) is 0 Å². The van der Waals surface area contributed by atoms with Crippen LogP contribution in [-0.4, -0.2) is 19.6 Å². The van der Waals surface area contributed by atoms with Crippen molar-refractivity contribution in [2.75, 3.05) is 0 Å². The number of hydrogen-bond acceptors (Lipinski definition) is 4. The minimum absolute atomic E-state index is 0.263. The van der Waals surface area contributed by atoms with Gasteiger partial charge in [0, 0.05) is 24.4 Å². The zero-order chi connectivity index (χ0) is 20.7. The summed E-state index contributed by atoms with van der Waals surface area (Å²) in [5, 5.41) is 20.8. The van der Waals surface area contributed by atoms with E-state index in [9.17, 15) is 9.50 Å². The summed E-state index contributed by atoms with van der Waals surface area (Å²) >= 11 is 0. The third-order valence-corrected chi connectivity index (χ3v) is 5.74. The monoisotopic (exact) mass is 396 g/mol. The minimum Gasteiger partial charge on any atom is -0.379 e. The average molecular weight is 396 g/mol. The molecule has 1 N–H and O–H groups in total. The second-order valence-corrected chi connectivity index (χ2v) is 7.44. The SMILES string of the molecule is N#Cc1ccc([C@H]2C[C@](O)(c3cccc(-c4cccnc4)c3)c3cncn32)c(F)c1. The molecule has 146 valence electrons. The Morgan fingerprint density at radius 2 is 1.93 bits per heavy atom. The fraction of sp³-hybridized carbons (Fsp3) is 0.125. The van der Waals surface area contributed by atoms with Gasteiger partial charge in [0.25, 0.3) is 0 Å². The molecule has 0 bridgehead atoms. The molecule has 0 aliphatic carbocycles. The van der Waals surface area contributed by atoms with E-state index >= 15 is 0 Å². The number of rotatable bonds is 3. The molecule has 4 aromatic rings. The van der Waals surface area contributed by atoms with Crippen LogP contribution in [0, 0.1) is 17.1 Å². The van der Waals surface area contributed by atoms with Gasteiger partial charge in [0.15, 0.2) is 0 Å². The molecule has 0 spiro atoms. The van der Waals surface area contributed by atoms with Gasteiger partial charge in [-0.3, -0.25) is 4.98 Å². The smallest absolute Gasteiger partial charge is 0.133 e. The van der Waals surface area contributed by atoms with Gasteiger partial charge < -0.3 is 9.67 Å². The van der Waals surface area contributed by atoms with E-state index in [2.05, 4.69) is 9.97 Å². The van der Waals surface area contributed by atoms with Crippen molar-refractivity contribution in [3.63, 3.8) is 0 Å². The van der Waals surface area contributed by atoms with Gasteiger partial charge in [0.05, 0.1) is 35.9 Å². The number of nitrogens with zero attached hydrogens (tertiary/aromatic N) is 4. The zero-order valence-electron chi connectivity index (χ0n) is 15.9. The Morgan fingerprint density at radius 1 is 1.07 bits per heavy atom. The number of halogens is 1. The maximum Gasteiger partial charge on any atom is 0.133 e.